The minimum Gasteiger partial charge on any atom is -0.370 e. The van der Waals surface area contributed by atoms with Crippen LogP contribution in [0.5, 0.6) is 0 Å². The second-order valence-corrected chi connectivity index (χ2v) is 8.05. The molecule has 2 aliphatic heterocycles. The Hall–Kier alpha value is -1.07. The Balaban J connectivity index is 1.77. The molecule has 2 unspecified atom stereocenters. The smallest absolute Gasteiger partial charge is 0.178 e. The molecule has 2 aliphatic rings. The van der Waals surface area contributed by atoms with Crippen LogP contribution in [-0.4, -0.2) is 39.3 Å². The zero-order valence-corrected chi connectivity index (χ0v) is 12.7. The summed E-state index contributed by atoms with van der Waals surface area (Å²) in [6, 6.07) is 8.63. The Kier molecular flexibility index (Phi) is 3.73. The lowest BCUT2D eigenvalue weighted by atomic mass is 10.1. The highest BCUT2D eigenvalue weighted by molar-refractivity contribution is 7.91. The van der Waals surface area contributed by atoms with Gasteiger partial charge < -0.3 is 10.2 Å². The summed E-state index contributed by atoms with van der Waals surface area (Å²) in [5.74, 6) is 0.156. The number of benzene rings is 1. The van der Waals surface area contributed by atoms with Gasteiger partial charge in [-0.25, -0.2) is 8.42 Å². The van der Waals surface area contributed by atoms with Crippen LogP contribution in [0.25, 0.3) is 0 Å². The Bertz CT molecular complexity index is 568. The van der Waals surface area contributed by atoms with Gasteiger partial charge in [-0.05, 0) is 43.5 Å². The summed E-state index contributed by atoms with van der Waals surface area (Å²) < 4.78 is 23.6. The van der Waals surface area contributed by atoms with Gasteiger partial charge in [0, 0.05) is 30.9 Å². The van der Waals surface area contributed by atoms with E-state index in [1.54, 1.807) is 19.1 Å². The van der Waals surface area contributed by atoms with Crippen molar-refractivity contribution in [2.45, 2.75) is 43.2 Å². The summed E-state index contributed by atoms with van der Waals surface area (Å²) in [4.78, 5) is 2.80. The highest BCUT2D eigenvalue weighted by Gasteiger charge is 2.29. The van der Waals surface area contributed by atoms with Gasteiger partial charge in [-0.3, -0.25) is 0 Å². The first-order valence-corrected chi connectivity index (χ1v) is 9.07. The average molecular weight is 294 g/mol. The Morgan fingerprint density at radius 3 is 2.55 bits per heavy atom. The fourth-order valence-electron chi connectivity index (χ4n) is 3.21. The van der Waals surface area contributed by atoms with E-state index < -0.39 is 9.84 Å². The van der Waals surface area contributed by atoms with Crippen molar-refractivity contribution in [3.05, 3.63) is 24.3 Å². The fraction of sp³-hybridized carbons (Fsp3) is 0.600. The number of nitrogens with zero attached hydrogens (tertiary/aromatic N) is 1. The van der Waals surface area contributed by atoms with Gasteiger partial charge in [0.15, 0.2) is 9.84 Å². The van der Waals surface area contributed by atoms with Gasteiger partial charge in [0.05, 0.1) is 10.6 Å². The van der Waals surface area contributed by atoms with E-state index in [9.17, 15) is 8.42 Å². The third-order valence-electron chi connectivity index (χ3n) is 4.46. The average Bonchev–Trinajstić information content (AvgIpc) is 2.78. The molecule has 0 spiro atoms. The van der Waals surface area contributed by atoms with Crippen LogP contribution in [0.2, 0.25) is 0 Å². The van der Waals surface area contributed by atoms with Gasteiger partial charge in [0.1, 0.15) is 0 Å². The molecule has 0 aromatic heterocycles. The molecule has 20 heavy (non-hydrogen) atoms. The summed E-state index contributed by atoms with van der Waals surface area (Å²) in [6.45, 7) is 3.75. The SMILES string of the molecule is CCS(=O)(=O)c1ccc(N2CCC3CCC(C2)N3)cc1. The van der Waals surface area contributed by atoms with Crippen LogP contribution in [0.4, 0.5) is 5.69 Å². The molecular formula is C15H22N2O2S. The molecule has 2 atom stereocenters. The number of fused-ring (bicyclic) bond motifs is 2. The van der Waals surface area contributed by atoms with Crippen molar-refractivity contribution < 1.29 is 8.42 Å². The third-order valence-corrected chi connectivity index (χ3v) is 6.21. The highest BCUT2D eigenvalue weighted by Crippen LogP contribution is 2.25. The van der Waals surface area contributed by atoms with Gasteiger partial charge in [0.25, 0.3) is 0 Å². The number of sulfone groups is 1. The summed E-state index contributed by atoms with van der Waals surface area (Å²) in [5, 5.41) is 3.66. The number of nitrogens with one attached hydrogen (secondary N) is 1. The summed E-state index contributed by atoms with van der Waals surface area (Å²) in [6.07, 6.45) is 3.72. The molecule has 4 nitrogen and oxygen atoms in total. The Morgan fingerprint density at radius 2 is 1.85 bits per heavy atom. The monoisotopic (exact) mass is 294 g/mol. The molecule has 2 heterocycles. The van der Waals surface area contributed by atoms with Crippen LogP contribution < -0.4 is 10.2 Å². The summed E-state index contributed by atoms with van der Waals surface area (Å²) >= 11 is 0. The molecule has 5 heteroatoms. The van der Waals surface area contributed by atoms with E-state index in [-0.39, 0.29) is 5.75 Å². The number of anilines is 1. The van der Waals surface area contributed by atoms with Crippen molar-refractivity contribution in [1.29, 1.82) is 0 Å². The zero-order chi connectivity index (χ0) is 14.2. The number of hydrogen-bond acceptors (Lipinski definition) is 4. The molecule has 2 fully saturated rings. The van der Waals surface area contributed by atoms with E-state index in [1.165, 1.54) is 19.3 Å². The quantitative estimate of drug-likeness (QED) is 0.924. The molecule has 0 radical (unpaired) electrons. The maximum atomic E-state index is 11.8. The van der Waals surface area contributed by atoms with Crippen molar-refractivity contribution in [2.24, 2.45) is 0 Å². The largest absolute Gasteiger partial charge is 0.370 e. The van der Waals surface area contributed by atoms with Gasteiger partial charge in [0.2, 0.25) is 0 Å². The number of hydrogen-bond donors (Lipinski definition) is 1. The van der Waals surface area contributed by atoms with Crippen molar-refractivity contribution in [3.8, 4) is 0 Å². The Labute approximate surface area is 121 Å². The molecule has 0 amide bonds. The molecule has 1 aromatic rings. The lowest BCUT2D eigenvalue weighted by molar-refractivity contribution is 0.563. The van der Waals surface area contributed by atoms with E-state index in [1.807, 2.05) is 12.1 Å². The van der Waals surface area contributed by atoms with Crippen molar-refractivity contribution in [2.75, 3.05) is 23.7 Å². The van der Waals surface area contributed by atoms with Crippen LogP contribution in [0.15, 0.2) is 29.2 Å². The molecule has 0 saturated carbocycles. The van der Waals surface area contributed by atoms with Crippen molar-refractivity contribution >= 4 is 15.5 Å². The second kappa shape index (κ2) is 5.37. The van der Waals surface area contributed by atoms with Crippen molar-refractivity contribution in [3.63, 3.8) is 0 Å². The second-order valence-electron chi connectivity index (χ2n) is 5.77. The zero-order valence-electron chi connectivity index (χ0n) is 11.9. The predicted molar refractivity (Wildman–Crippen MR) is 80.9 cm³/mol. The molecule has 1 N–H and O–H groups in total. The van der Waals surface area contributed by atoms with Crippen molar-refractivity contribution in [1.82, 2.24) is 5.32 Å². The maximum absolute atomic E-state index is 11.8. The highest BCUT2D eigenvalue weighted by atomic mass is 32.2. The van der Waals surface area contributed by atoms with E-state index in [0.717, 1.165) is 18.8 Å². The fourth-order valence-corrected chi connectivity index (χ4v) is 4.09. The maximum Gasteiger partial charge on any atom is 0.178 e. The van der Waals surface area contributed by atoms with Gasteiger partial charge in [-0.15, -0.1) is 0 Å². The number of rotatable bonds is 3. The summed E-state index contributed by atoms with van der Waals surface area (Å²) in [5.41, 5.74) is 1.13. The third kappa shape index (κ3) is 2.69. The van der Waals surface area contributed by atoms with E-state index in [0.29, 0.717) is 17.0 Å². The van der Waals surface area contributed by atoms with E-state index in [2.05, 4.69) is 10.2 Å². The molecule has 3 rings (SSSR count). The molecule has 1 aromatic carbocycles. The Morgan fingerprint density at radius 1 is 1.15 bits per heavy atom. The van der Waals surface area contributed by atoms with E-state index >= 15 is 0 Å². The van der Waals surface area contributed by atoms with Crippen LogP contribution in [0.3, 0.4) is 0 Å². The first-order chi connectivity index (χ1) is 9.58. The van der Waals surface area contributed by atoms with Gasteiger partial charge >= 0.3 is 0 Å². The van der Waals surface area contributed by atoms with Crippen LogP contribution >= 0.6 is 0 Å². The first-order valence-electron chi connectivity index (χ1n) is 7.42. The normalized spacial score (nSPS) is 26.6. The molecular weight excluding hydrogens is 272 g/mol. The lowest BCUT2D eigenvalue weighted by Gasteiger charge is -2.26. The van der Waals surface area contributed by atoms with Crippen LogP contribution in [0.1, 0.15) is 26.2 Å². The molecule has 2 bridgehead atoms. The molecule has 110 valence electrons. The molecule has 2 saturated heterocycles. The first kappa shape index (κ1) is 13.9. The van der Waals surface area contributed by atoms with Gasteiger partial charge in [-0.1, -0.05) is 6.92 Å². The lowest BCUT2D eigenvalue weighted by Crippen LogP contribution is -2.35. The molecule has 0 aliphatic carbocycles. The van der Waals surface area contributed by atoms with Crippen LogP contribution in [-0.2, 0) is 9.84 Å². The summed E-state index contributed by atoms with van der Waals surface area (Å²) in [7, 11) is -3.09. The van der Waals surface area contributed by atoms with Gasteiger partial charge in [-0.2, -0.15) is 0 Å². The topological polar surface area (TPSA) is 49.4 Å². The van der Waals surface area contributed by atoms with Crippen LogP contribution in [0, 0.1) is 0 Å². The standard InChI is InChI=1S/C15H22N2O2S/c1-2-20(18,19)15-7-5-14(6-8-15)17-10-9-12-3-4-13(11-17)16-12/h5-8,12-13,16H,2-4,9-11H2,1H3. The minimum absolute atomic E-state index is 0.156. The predicted octanol–water partition coefficient (Wildman–Crippen LogP) is 1.81. The minimum atomic E-state index is -3.09. The van der Waals surface area contributed by atoms with E-state index in [4.69, 9.17) is 0 Å².